The molecule has 0 radical (unpaired) electrons. The summed E-state index contributed by atoms with van der Waals surface area (Å²) in [6, 6.07) is 27.0. The molecule has 0 saturated heterocycles. The molecule has 0 N–H and O–H groups in total. The van der Waals surface area contributed by atoms with Gasteiger partial charge in [0.05, 0.1) is 0 Å². The van der Waals surface area contributed by atoms with Gasteiger partial charge in [-0.3, -0.25) is 0 Å². The summed E-state index contributed by atoms with van der Waals surface area (Å²) in [5.41, 5.74) is 17.8. The van der Waals surface area contributed by atoms with Crippen LogP contribution in [0.1, 0.15) is 143 Å². The van der Waals surface area contributed by atoms with Crippen molar-refractivity contribution in [1.82, 2.24) is 0 Å². The third-order valence-corrected chi connectivity index (χ3v) is 18.8. The van der Waals surface area contributed by atoms with Crippen molar-refractivity contribution in [3.63, 3.8) is 0 Å². The van der Waals surface area contributed by atoms with Gasteiger partial charge in [0.2, 0.25) is 0 Å². The molecule has 0 unspecified atom stereocenters. The first-order chi connectivity index (χ1) is 22.6. The number of fused-ring (bicyclic) bond motifs is 3. The Morgan fingerprint density at radius 2 is 1.16 bits per heavy atom. The van der Waals surface area contributed by atoms with E-state index in [4.69, 9.17) is 0 Å². The van der Waals surface area contributed by atoms with Crippen LogP contribution in [0.3, 0.4) is 0 Å². The minimum Gasteiger partial charge on any atom is -1.00 e. The predicted octanol–water partition coefficient (Wildman–Crippen LogP) is 6.08. The molecule has 6 rings (SSSR count). The standard InChI is InChI=1S/C23H29.C19H22.C5H5.2ClH.Zr/c1-14-9-16-11-17-10-15(2)21(23(6,7)8)13-19(17)18(16)12-20(14)22(3,4)5;1-14(2)18-9-5-16(6-10-18)13-17-7-11-19(12-8-17)15(3)4;1-2-4-5-3-1;;;/h9,12-13H,11H2,1-8H3;5-12,14-15H,1-4H3;1-3H,4H2;2*1H;/q;;;;;+2/p-2. The summed E-state index contributed by atoms with van der Waals surface area (Å²) in [7, 11) is 0. The van der Waals surface area contributed by atoms with Crippen molar-refractivity contribution in [2.24, 2.45) is 0 Å². The number of halogens is 2. The van der Waals surface area contributed by atoms with Gasteiger partial charge < -0.3 is 24.8 Å². The van der Waals surface area contributed by atoms with Crippen molar-refractivity contribution >= 4 is 6.48 Å². The average Bonchev–Trinajstić information content (AvgIpc) is 3.66. The Morgan fingerprint density at radius 3 is 1.60 bits per heavy atom. The minimum atomic E-state index is -2.82. The number of rotatable bonds is 6. The van der Waals surface area contributed by atoms with Crippen molar-refractivity contribution in [3.05, 3.63) is 144 Å². The number of aryl methyl sites for hydroxylation is 1. The van der Waals surface area contributed by atoms with Crippen LogP contribution in [0.15, 0.2) is 88.2 Å². The van der Waals surface area contributed by atoms with Crippen LogP contribution in [0, 0.1) is 13.8 Å². The molecule has 0 nitrogen and oxygen atoms in total. The predicted molar refractivity (Wildman–Crippen MR) is 207 cm³/mol. The number of allylic oxidation sites excluding steroid dienone is 4. The van der Waals surface area contributed by atoms with E-state index >= 15 is 0 Å². The van der Waals surface area contributed by atoms with Crippen molar-refractivity contribution in [2.45, 2.75) is 119 Å². The second-order valence-corrected chi connectivity index (χ2v) is 23.0. The maximum Gasteiger partial charge on any atom is -1.00 e. The van der Waals surface area contributed by atoms with Crippen LogP contribution >= 0.6 is 0 Å². The molecule has 0 amide bonds. The second-order valence-electron chi connectivity index (χ2n) is 17.1. The maximum atomic E-state index is 2.60. The van der Waals surface area contributed by atoms with Gasteiger partial charge in [-0.25, -0.2) is 0 Å². The zero-order valence-electron chi connectivity index (χ0n) is 32.4. The van der Waals surface area contributed by atoms with Crippen LogP contribution < -0.4 is 28.1 Å². The van der Waals surface area contributed by atoms with Gasteiger partial charge in [0, 0.05) is 0 Å². The summed E-state index contributed by atoms with van der Waals surface area (Å²) in [5, 5.41) is 0. The molecule has 0 spiro atoms. The Hall–Kier alpha value is -2.31. The topological polar surface area (TPSA) is 0 Å². The molecule has 0 atom stereocenters. The first-order valence-corrected chi connectivity index (χ1v) is 21.9. The zero-order chi connectivity index (χ0) is 34.7. The van der Waals surface area contributed by atoms with E-state index < -0.39 is 21.3 Å². The fraction of sp³-hybridized carbons (Fsp3) is 0.383. The molecule has 50 heavy (non-hydrogen) atoms. The van der Waals surface area contributed by atoms with Gasteiger partial charge in [0.25, 0.3) is 0 Å². The molecule has 0 saturated carbocycles. The van der Waals surface area contributed by atoms with E-state index in [2.05, 4.69) is 168 Å². The summed E-state index contributed by atoms with van der Waals surface area (Å²) < 4.78 is 5.03. The summed E-state index contributed by atoms with van der Waals surface area (Å²) in [5.74, 6) is 1.03. The molecular formula is C47H56Cl2Zr. The molecule has 2 aliphatic rings. The van der Waals surface area contributed by atoms with Crippen LogP contribution in [-0.4, -0.2) is 3.21 Å². The van der Waals surface area contributed by atoms with Gasteiger partial charge in [-0.05, 0) is 0 Å². The smallest absolute Gasteiger partial charge is 1.00 e. The van der Waals surface area contributed by atoms with E-state index in [1.807, 2.05) is 0 Å². The Bertz CT molecular complexity index is 1920. The van der Waals surface area contributed by atoms with E-state index in [1.165, 1.54) is 55.6 Å². The van der Waals surface area contributed by atoms with Crippen molar-refractivity contribution in [3.8, 4) is 11.1 Å². The third-order valence-electron chi connectivity index (χ3n) is 10.7. The number of hydrogen-bond acceptors (Lipinski definition) is 0. The molecule has 0 aliphatic heterocycles. The Morgan fingerprint density at radius 1 is 0.660 bits per heavy atom. The van der Waals surface area contributed by atoms with Crippen LogP contribution in [-0.2, 0) is 38.5 Å². The summed E-state index contributed by atoms with van der Waals surface area (Å²) >= 11 is -2.82. The van der Waals surface area contributed by atoms with Crippen LogP contribution in [0.4, 0.5) is 0 Å². The van der Waals surface area contributed by atoms with Gasteiger partial charge >= 0.3 is 301 Å². The molecule has 2 aliphatic carbocycles. The summed E-state index contributed by atoms with van der Waals surface area (Å²) in [6.07, 6.45) is 9.33. The van der Waals surface area contributed by atoms with Gasteiger partial charge in [-0.2, -0.15) is 0 Å². The monoisotopic (exact) mass is 780 g/mol. The largest absolute Gasteiger partial charge is 1.00 e. The van der Waals surface area contributed by atoms with E-state index in [1.54, 1.807) is 20.9 Å². The first kappa shape index (κ1) is 40.5. The van der Waals surface area contributed by atoms with E-state index in [0.717, 1.165) is 12.8 Å². The molecule has 0 aromatic heterocycles. The molecule has 0 fully saturated rings. The molecule has 262 valence electrons. The summed E-state index contributed by atoms with van der Waals surface area (Å²) in [4.78, 5) is 0. The van der Waals surface area contributed by atoms with Gasteiger partial charge in [-0.1, -0.05) is 0 Å². The van der Waals surface area contributed by atoms with Crippen LogP contribution in [0.2, 0.25) is 0 Å². The van der Waals surface area contributed by atoms with Crippen molar-refractivity contribution in [1.29, 1.82) is 0 Å². The zero-order valence-corrected chi connectivity index (χ0v) is 36.4. The fourth-order valence-corrected chi connectivity index (χ4v) is 16.6. The Kier molecular flexibility index (Phi) is 12.4. The molecule has 0 heterocycles. The molecule has 3 heteroatoms. The van der Waals surface area contributed by atoms with Gasteiger partial charge in [0.1, 0.15) is 0 Å². The van der Waals surface area contributed by atoms with Crippen molar-refractivity contribution in [2.75, 3.05) is 0 Å². The normalized spacial score (nSPS) is 13.3. The number of benzene rings is 4. The molecule has 4 aromatic carbocycles. The van der Waals surface area contributed by atoms with Crippen molar-refractivity contribution < 1.29 is 46.1 Å². The van der Waals surface area contributed by atoms with Gasteiger partial charge in [0.15, 0.2) is 0 Å². The minimum absolute atomic E-state index is 0. The maximum absolute atomic E-state index is 2.82. The van der Waals surface area contributed by atoms with E-state index in [0.29, 0.717) is 11.8 Å². The summed E-state index contributed by atoms with van der Waals surface area (Å²) in [6.45, 7) is 28.3. The van der Waals surface area contributed by atoms with Gasteiger partial charge in [-0.15, -0.1) is 0 Å². The first-order valence-electron chi connectivity index (χ1n) is 18.2. The number of hydrogen-bond donors (Lipinski definition) is 0. The van der Waals surface area contributed by atoms with Crippen LogP contribution in [0.25, 0.3) is 11.1 Å². The fourth-order valence-electron chi connectivity index (χ4n) is 8.14. The SMILES string of the molecule is Cc1cc2c(cc1C(C)(C)C)-c1cc(C(C)(C)C)c(C)[c]([Zr+2]([C]3=CC=CC3)=[C](c3ccc(C(C)C)cc3)c3ccc(C(C)C)cc3)c1C2.[Cl-].[Cl-]. The quantitative estimate of drug-likeness (QED) is 0.196. The molecular weight excluding hydrogens is 727 g/mol. The molecule has 4 aromatic rings. The Balaban J connectivity index is 0.00000281. The Labute approximate surface area is 323 Å². The van der Waals surface area contributed by atoms with E-state index in [9.17, 15) is 0 Å². The van der Waals surface area contributed by atoms with Crippen LogP contribution in [0.5, 0.6) is 0 Å². The third kappa shape index (κ3) is 7.73. The van der Waals surface area contributed by atoms with E-state index in [-0.39, 0.29) is 35.6 Å². The molecule has 0 bridgehead atoms. The average molecular weight is 783 g/mol. The second kappa shape index (κ2) is 15.4.